The number of oxazole rings is 1. The molecule has 0 bridgehead atoms. The number of aromatic nitrogens is 2. The molecule has 0 radical (unpaired) electrons. The molecule has 3 heterocycles. The Kier molecular flexibility index (Phi) is 4.25. The monoisotopic (exact) mass is 276 g/mol. The van der Waals surface area contributed by atoms with Gasteiger partial charge in [-0.3, -0.25) is 4.90 Å². The van der Waals surface area contributed by atoms with Crippen molar-refractivity contribution < 1.29 is 9.15 Å². The van der Waals surface area contributed by atoms with Crippen molar-refractivity contribution in [3.63, 3.8) is 0 Å². The highest BCUT2D eigenvalue weighted by Crippen LogP contribution is 2.12. The summed E-state index contributed by atoms with van der Waals surface area (Å²) in [7, 11) is 0. The van der Waals surface area contributed by atoms with Crippen LogP contribution in [-0.4, -0.2) is 53.8 Å². The van der Waals surface area contributed by atoms with Crippen LogP contribution in [0.4, 0.5) is 0 Å². The van der Waals surface area contributed by atoms with Gasteiger partial charge >= 0.3 is 0 Å². The van der Waals surface area contributed by atoms with Crippen LogP contribution in [0.25, 0.3) is 11.2 Å². The molecule has 3 rings (SSSR count). The molecular weight excluding hydrogens is 256 g/mol. The topological polar surface area (TPSA) is 63.4 Å². The fourth-order valence-corrected chi connectivity index (χ4v) is 2.39. The number of nitrogens with zero attached hydrogens (tertiary/aromatic N) is 3. The zero-order chi connectivity index (χ0) is 13.8. The van der Waals surface area contributed by atoms with E-state index >= 15 is 0 Å². The number of nitrogens with one attached hydrogen (secondary N) is 1. The van der Waals surface area contributed by atoms with Crippen molar-refractivity contribution in [3.05, 3.63) is 24.2 Å². The smallest absolute Gasteiger partial charge is 0.211 e. The molecule has 1 aliphatic heterocycles. The Labute approximate surface area is 118 Å². The molecule has 0 aliphatic carbocycles. The first-order chi connectivity index (χ1) is 9.81. The van der Waals surface area contributed by atoms with Gasteiger partial charge in [-0.2, -0.15) is 4.98 Å². The minimum absolute atomic E-state index is 0.385. The van der Waals surface area contributed by atoms with Crippen LogP contribution in [0.1, 0.15) is 12.8 Å². The molecule has 0 amide bonds. The van der Waals surface area contributed by atoms with Gasteiger partial charge in [0, 0.05) is 31.9 Å². The van der Waals surface area contributed by atoms with E-state index in [2.05, 4.69) is 27.1 Å². The summed E-state index contributed by atoms with van der Waals surface area (Å²) in [5.41, 5.74) is 1.41. The molecule has 6 heteroatoms. The maximum Gasteiger partial charge on any atom is 0.211 e. The molecule has 1 N–H and O–H groups in total. The van der Waals surface area contributed by atoms with E-state index < -0.39 is 0 Å². The lowest BCUT2D eigenvalue weighted by Gasteiger charge is -2.29. The molecule has 1 saturated heterocycles. The number of rotatable bonds is 5. The quantitative estimate of drug-likeness (QED) is 0.880. The van der Waals surface area contributed by atoms with Gasteiger partial charge in [0.25, 0.3) is 0 Å². The summed E-state index contributed by atoms with van der Waals surface area (Å²) in [5.74, 6) is 0.688. The highest BCUT2D eigenvalue weighted by Gasteiger charge is 2.14. The van der Waals surface area contributed by atoms with Gasteiger partial charge in [-0.25, -0.2) is 4.98 Å². The number of fused-ring (bicyclic) bond motifs is 1. The number of hydrogen-bond donors (Lipinski definition) is 1. The maximum atomic E-state index is 5.64. The fourth-order valence-electron chi connectivity index (χ4n) is 2.39. The molecule has 6 nitrogen and oxygen atoms in total. The highest BCUT2D eigenvalue weighted by atomic mass is 16.5. The van der Waals surface area contributed by atoms with Gasteiger partial charge in [0.05, 0.1) is 19.8 Å². The van der Waals surface area contributed by atoms with Crippen molar-refractivity contribution in [3.8, 4) is 0 Å². The zero-order valence-electron chi connectivity index (χ0n) is 11.7. The van der Waals surface area contributed by atoms with Crippen LogP contribution in [0, 0.1) is 0 Å². The van der Waals surface area contributed by atoms with Crippen LogP contribution in [0.5, 0.6) is 0 Å². The van der Waals surface area contributed by atoms with Crippen LogP contribution in [0.2, 0.25) is 0 Å². The molecule has 2 aromatic heterocycles. The standard InChI is InChI=1S/C14H20N4O2/c1-11(10-18-5-7-19-8-6-18)16-9-13-17-14-12(20-13)3-2-4-15-14/h2-4,11,16H,5-10H2,1H3. The van der Waals surface area contributed by atoms with Crippen molar-refractivity contribution in [2.24, 2.45) is 0 Å². The summed E-state index contributed by atoms with van der Waals surface area (Å²) in [4.78, 5) is 10.9. The van der Waals surface area contributed by atoms with Crippen molar-refractivity contribution in [2.45, 2.75) is 19.5 Å². The van der Waals surface area contributed by atoms with E-state index in [4.69, 9.17) is 9.15 Å². The summed E-state index contributed by atoms with van der Waals surface area (Å²) in [6.07, 6.45) is 1.73. The van der Waals surface area contributed by atoms with Gasteiger partial charge in [-0.1, -0.05) is 0 Å². The predicted molar refractivity (Wildman–Crippen MR) is 75.4 cm³/mol. The van der Waals surface area contributed by atoms with Crippen LogP contribution in [0.3, 0.4) is 0 Å². The normalized spacial score (nSPS) is 18.4. The molecule has 1 fully saturated rings. The minimum Gasteiger partial charge on any atom is -0.438 e. The van der Waals surface area contributed by atoms with Crippen molar-refractivity contribution in [2.75, 3.05) is 32.8 Å². The summed E-state index contributed by atoms with van der Waals surface area (Å²) in [6.45, 7) is 7.52. The average Bonchev–Trinajstić information content (AvgIpc) is 2.89. The molecule has 0 aromatic carbocycles. The molecule has 0 saturated carbocycles. The lowest BCUT2D eigenvalue weighted by Crippen LogP contribution is -2.44. The SMILES string of the molecule is CC(CN1CCOCC1)NCc1nc2ncccc2o1. The predicted octanol–water partition coefficient (Wildman–Crippen LogP) is 1.03. The average molecular weight is 276 g/mol. The lowest BCUT2D eigenvalue weighted by atomic mass is 10.3. The second-order valence-electron chi connectivity index (χ2n) is 5.13. The van der Waals surface area contributed by atoms with Crippen LogP contribution >= 0.6 is 0 Å². The van der Waals surface area contributed by atoms with E-state index in [9.17, 15) is 0 Å². The van der Waals surface area contributed by atoms with E-state index in [1.165, 1.54) is 0 Å². The zero-order valence-corrected chi connectivity index (χ0v) is 11.7. The van der Waals surface area contributed by atoms with Gasteiger partial charge in [0.15, 0.2) is 11.2 Å². The second kappa shape index (κ2) is 6.30. The van der Waals surface area contributed by atoms with Crippen LogP contribution < -0.4 is 5.32 Å². The Hall–Kier alpha value is -1.50. The summed E-state index contributed by atoms with van der Waals surface area (Å²) >= 11 is 0. The van der Waals surface area contributed by atoms with E-state index in [-0.39, 0.29) is 0 Å². The van der Waals surface area contributed by atoms with Crippen molar-refractivity contribution in [1.29, 1.82) is 0 Å². The van der Waals surface area contributed by atoms with E-state index in [1.54, 1.807) is 6.20 Å². The first-order valence-electron chi connectivity index (χ1n) is 7.05. The first-order valence-corrected chi connectivity index (χ1v) is 7.05. The fraction of sp³-hybridized carbons (Fsp3) is 0.571. The van der Waals surface area contributed by atoms with Crippen LogP contribution in [-0.2, 0) is 11.3 Å². The summed E-state index contributed by atoms with van der Waals surface area (Å²) in [5, 5.41) is 3.44. The Bertz CT molecular complexity index is 518. The van der Waals surface area contributed by atoms with E-state index in [1.807, 2.05) is 12.1 Å². The van der Waals surface area contributed by atoms with Crippen molar-refractivity contribution >= 4 is 11.2 Å². The van der Waals surface area contributed by atoms with Gasteiger partial charge in [0.2, 0.25) is 5.89 Å². The van der Waals surface area contributed by atoms with Gasteiger partial charge < -0.3 is 14.5 Å². The largest absolute Gasteiger partial charge is 0.438 e. The Morgan fingerprint density at radius 2 is 2.25 bits per heavy atom. The number of hydrogen-bond acceptors (Lipinski definition) is 6. The van der Waals surface area contributed by atoms with Gasteiger partial charge in [0.1, 0.15) is 0 Å². The molecule has 1 atom stereocenters. The number of ether oxygens (including phenoxy) is 1. The van der Waals surface area contributed by atoms with E-state index in [0.717, 1.165) is 38.4 Å². The Morgan fingerprint density at radius 3 is 3.05 bits per heavy atom. The Balaban J connectivity index is 1.50. The molecule has 0 spiro atoms. The molecule has 20 heavy (non-hydrogen) atoms. The third-order valence-corrected chi connectivity index (χ3v) is 3.45. The molecule has 108 valence electrons. The third kappa shape index (κ3) is 3.33. The first kappa shape index (κ1) is 13.5. The Morgan fingerprint density at radius 1 is 1.40 bits per heavy atom. The summed E-state index contributed by atoms with van der Waals surface area (Å²) in [6, 6.07) is 4.12. The van der Waals surface area contributed by atoms with Gasteiger partial charge in [-0.05, 0) is 19.1 Å². The minimum atomic E-state index is 0.385. The van der Waals surface area contributed by atoms with Gasteiger partial charge in [-0.15, -0.1) is 0 Å². The molecule has 2 aromatic rings. The third-order valence-electron chi connectivity index (χ3n) is 3.45. The van der Waals surface area contributed by atoms with E-state index in [0.29, 0.717) is 24.1 Å². The van der Waals surface area contributed by atoms with Crippen LogP contribution in [0.15, 0.2) is 22.7 Å². The molecule has 1 unspecified atom stereocenters. The lowest BCUT2D eigenvalue weighted by molar-refractivity contribution is 0.0342. The molecule has 1 aliphatic rings. The maximum absolute atomic E-state index is 5.64. The number of morpholine rings is 1. The highest BCUT2D eigenvalue weighted by molar-refractivity contribution is 5.66. The molecular formula is C14H20N4O2. The summed E-state index contributed by atoms with van der Waals surface area (Å²) < 4.78 is 11.0. The van der Waals surface area contributed by atoms with Crippen molar-refractivity contribution in [1.82, 2.24) is 20.2 Å². The number of pyridine rings is 1. The second-order valence-corrected chi connectivity index (χ2v) is 5.13.